The predicted molar refractivity (Wildman–Crippen MR) is 97.8 cm³/mol. The molecule has 0 radical (unpaired) electrons. The molecule has 138 valence electrons. The minimum Gasteiger partial charge on any atom is -0.478 e. The molecule has 2 aromatic rings. The molecule has 3 N–H and O–H groups in total. The van der Waals surface area contributed by atoms with Gasteiger partial charge in [0.2, 0.25) is 0 Å². The van der Waals surface area contributed by atoms with Gasteiger partial charge in [-0.25, -0.2) is 9.59 Å². The molecule has 1 atom stereocenters. The monoisotopic (exact) mass is 386 g/mol. The molecule has 0 aliphatic carbocycles. The number of hydrogen-bond acceptors (Lipinski definition) is 6. The summed E-state index contributed by atoms with van der Waals surface area (Å²) < 4.78 is 0. The molecule has 1 aliphatic rings. The van der Waals surface area contributed by atoms with Crippen LogP contribution in [0.5, 0.6) is 0 Å². The average Bonchev–Trinajstić information content (AvgIpc) is 2.90. The third kappa shape index (κ3) is 4.09. The zero-order valence-electron chi connectivity index (χ0n) is 13.8. The van der Waals surface area contributed by atoms with Crippen LogP contribution in [-0.4, -0.2) is 43.6 Å². The summed E-state index contributed by atoms with van der Waals surface area (Å²) in [6.45, 7) is 0.0257. The first-order valence-corrected chi connectivity index (χ1v) is 8.67. The van der Waals surface area contributed by atoms with Crippen molar-refractivity contribution >= 4 is 40.5 Å². The number of imide groups is 1. The quantitative estimate of drug-likeness (QED) is 0.692. The third-order valence-corrected chi connectivity index (χ3v) is 4.86. The normalized spacial score (nSPS) is 16.4. The van der Waals surface area contributed by atoms with Crippen molar-refractivity contribution in [2.45, 2.75) is 11.9 Å². The van der Waals surface area contributed by atoms with E-state index in [1.165, 1.54) is 24.3 Å². The molecular weight excluding hydrogens is 372 g/mol. The summed E-state index contributed by atoms with van der Waals surface area (Å²) in [6, 6.07) is 11.9. The summed E-state index contributed by atoms with van der Waals surface area (Å²) in [5.41, 5.74) is 1.22. The third-order valence-electron chi connectivity index (χ3n) is 3.88. The maximum atomic E-state index is 12.5. The second-order valence-electron chi connectivity index (χ2n) is 5.72. The van der Waals surface area contributed by atoms with Gasteiger partial charge in [0.05, 0.1) is 17.7 Å². The van der Waals surface area contributed by atoms with Gasteiger partial charge in [0, 0.05) is 5.69 Å². The van der Waals surface area contributed by atoms with Crippen LogP contribution in [0.15, 0.2) is 48.5 Å². The zero-order valence-corrected chi connectivity index (χ0v) is 14.6. The molecule has 9 heteroatoms. The van der Waals surface area contributed by atoms with Crippen LogP contribution in [0.2, 0.25) is 0 Å². The maximum absolute atomic E-state index is 12.5. The summed E-state index contributed by atoms with van der Waals surface area (Å²) >= 11 is 0.803. The molecular formula is C18H14N2O6S. The molecule has 0 unspecified atom stereocenters. The van der Waals surface area contributed by atoms with Gasteiger partial charge in [0.25, 0.3) is 11.1 Å². The number of carbonyl (C=O) groups excluding carboxylic acids is 2. The molecule has 1 saturated heterocycles. The highest BCUT2D eigenvalue weighted by Gasteiger charge is 2.39. The van der Waals surface area contributed by atoms with Crippen LogP contribution in [0.25, 0.3) is 0 Å². The SMILES string of the molecule is O=C(O)c1ccc(CN2C(=O)S[C@H](Nc3cccc(C(=O)O)c3)C2=O)cc1. The number of thioether (sulfide) groups is 1. The van der Waals surface area contributed by atoms with Crippen LogP contribution in [0.3, 0.4) is 0 Å². The van der Waals surface area contributed by atoms with E-state index in [1.807, 2.05) is 0 Å². The topological polar surface area (TPSA) is 124 Å². The largest absolute Gasteiger partial charge is 0.478 e. The number of rotatable bonds is 6. The predicted octanol–water partition coefficient (Wildman–Crippen LogP) is 2.72. The molecule has 0 saturated carbocycles. The van der Waals surface area contributed by atoms with E-state index in [0.29, 0.717) is 11.3 Å². The Balaban J connectivity index is 1.70. The minimum absolute atomic E-state index is 0.0257. The number of carboxylic acid groups (broad SMARTS) is 2. The summed E-state index contributed by atoms with van der Waals surface area (Å²) in [6.07, 6.45) is 0. The Morgan fingerprint density at radius 3 is 2.30 bits per heavy atom. The Morgan fingerprint density at radius 1 is 1.00 bits per heavy atom. The number of aromatic carboxylic acids is 2. The maximum Gasteiger partial charge on any atom is 0.335 e. The highest BCUT2D eigenvalue weighted by Crippen LogP contribution is 2.29. The molecule has 8 nitrogen and oxygen atoms in total. The average molecular weight is 386 g/mol. The van der Waals surface area contributed by atoms with Crippen molar-refractivity contribution in [3.63, 3.8) is 0 Å². The number of carboxylic acids is 2. The highest BCUT2D eigenvalue weighted by molar-refractivity contribution is 8.15. The van der Waals surface area contributed by atoms with Gasteiger partial charge in [-0.1, -0.05) is 18.2 Å². The van der Waals surface area contributed by atoms with Crippen molar-refractivity contribution in [3.8, 4) is 0 Å². The highest BCUT2D eigenvalue weighted by atomic mass is 32.2. The lowest BCUT2D eigenvalue weighted by molar-refractivity contribution is -0.126. The molecule has 3 rings (SSSR count). The van der Waals surface area contributed by atoms with Gasteiger partial charge >= 0.3 is 11.9 Å². The van der Waals surface area contributed by atoms with Crippen LogP contribution >= 0.6 is 11.8 Å². The fourth-order valence-corrected chi connectivity index (χ4v) is 3.42. The Morgan fingerprint density at radius 2 is 1.67 bits per heavy atom. The molecule has 2 aromatic carbocycles. The molecule has 0 spiro atoms. The van der Waals surface area contributed by atoms with Gasteiger partial charge in [0.15, 0.2) is 5.37 Å². The zero-order chi connectivity index (χ0) is 19.6. The minimum atomic E-state index is -1.09. The van der Waals surface area contributed by atoms with Gasteiger partial charge in [-0.3, -0.25) is 14.5 Å². The number of benzene rings is 2. The van der Waals surface area contributed by atoms with Gasteiger partial charge < -0.3 is 15.5 Å². The van der Waals surface area contributed by atoms with E-state index < -0.39 is 28.5 Å². The first-order chi connectivity index (χ1) is 12.8. The standard InChI is InChI=1S/C18H14N2O6S/c21-15-14(19-13-3-1-2-12(8-13)17(24)25)27-18(26)20(15)9-10-4-6-11(7-5-10)16(22)23/h1-8,14,19H,9H2,(H,22,23)(H,24,25)/t14-/m0/s1. The van der Waals surface area contributed by atoms with E-state index in [-0.39, 0.29) is 17.7 Å². The number of hydrogen-bond donors (Lipinski definition) is 3. The molecule has 1 fully saturated rings. The number of anilines is 1. The van der Waals surface area contributed by atoms with Crippen molar-refractivity contribution in [3.05, 3.63) is 65.2 Å². The summed E-state index contributed by atoms with van der Waals surface area (Å²) in [4.78, 5) is 47.7. The smallest absolute Gasteiger partial charge is 0.335 e. The van der Waals surface area contributed by atoms with Crippen molar-refractivity contribution in [1.29, 1.82) is 0 Å². The number of carbonyl (C=O) groups is 4. The van der Waals surface area contributed by atoms with Crippen molar-refractivity contribution in [1.82, 2.24) is 4.90 Å². The Labute approximate surface area is 157 Å². The Hall–Kier alpha value is -3.33. The molecule has 1 heterocycles. The Bertz CT molecular complexity index is 928. The van der Waals surface area contributed by atoms with Crippen LogP contribution in [0, 0.1) is 0 Å². The van der Waals surface area contributed by atoms with E-state index in [0.717, 1.165) is 16.7 Å². The summed E-state index contributed by atoms with van der Waals surface area (Å²) in [7, 11) is 0. The lowest BCUT2D eigenvalue weighted by Crippen LogP contribution is -2.33. The van der Waals surface area contributed by atoms with E-state index in [9.17, 15) is 19.2 Å². The number of amides is 2. The van der Waals surface area contributed by atoms with E-state index in [4.69, 9.17) is 10.2 Å². The van der Waals surface area contributed by atoms with E-state index >= 15 is 0 Å². The van der Waals surface area contributed by atoms with Crippen LogP contribution < -0.4 is 5.32 Å². The lowest BCUT2D eigenvalue weighted by atomic mass is 10.1. The molecule has 27 heavy (non-hydrogen) atoms. The van der Waals surface area contributed by atoms with Gasteiger partial charge in [0.1, 0.15) is 0 Å². The number of nitrogens with one attached hydrogen (secondary N) is 1. The van der Waals surface area contributed by atoms with Crippen molar-refractivity contribution in [2.24, 2.45) is 0 Å². The molecule has 0 bridgehead atoms. The number of nitrogens with zero attached hydrogens (tertiary/aromatic N) is 1. The first kappa shape index (κ1) is 18.5. The first-order valence-electron chi connectivity index (χ1n) is 7.79. The van der Waals surface area contributed by atoms with Crippen LogP contribution in [-0.2, 0) is 11.3 Å². The second-order valence-corrected chi connectivity index (χ2v) is 6.78. The van der Waals surface area contributed by atoms with Gasteiger partial charge in [-0.15, -0.1) is 0 Å². The fraction of sp³-hybridized carbons (Fsp3) is 0.111. The fourth-order valence-electron chi connectivity index (χ4n) is 2.51. The van der Waals surface area contributed by atoms with Crippen molar-refractivity contribution < 1.29 is 29.4 Å². The van der Waals surface area contributed by atoms with E-state index in [1.54, 1.807) is 24.3 Å². The lowest BCUT2D eigenvalue weighted by Gasteiger charge is -2.15. The Kier molecular flexibility index (Phi) is 5.13. The molecule has 0 aromatic heterocycles. The second kappa shape index (κ2) is 7.50. The summed E-state index contributed by atoms with van der Waals surface area (Å²) in [5.74, 6) is -2.60. The van der Waals surface area contributed by atoms with Crippen LogP contribution in [0.4, 0.5) is 10.5 Å². The van der Waals surface area contributed by atoms with Gasteiger partial charge in [-0.05, 0) is 47.7 Å². The van der Waals surface area contributed by atoms with E-state index in [2.05, 4.69) is 5.32 Å². The molecule has 1 aliphatic heterocycles. The van der Waals surface area contributed by atoms with Crippen LogP contribution in [0.1, 0.15) is 26.3 Å². The summed E-state index contributed by atoms with van der Waals surface area (Å²) in [5, 5.41) is 19.5. The van der Waals surface area contributed by atoms with Crippen molar-refractivity contribution in [2.75, 3.05) is 5.32 Å². The molecule has 2 amide bonds. The van der Waals surface area contributed by atoms with Gasteiger partial charge in [-0.2, -0.15) is 0 Å².